The lowest BCUT2D eigenvalue weighted by Crippen LogP contribution is -2.19. The van der Waals surface area contributed by atoms with Gasteiger partial charge in [-0.25, -0.2) is 12.8 Å². The molecule has 0 atom stereocenters. The van der Waals surface area contributed by atoms with Gasteiger partial charge in [0.25, 0.3) is 10.0 Å². The Balaban J connectivity index is 2.49. The van der Waals surface area contributed by atoms with E-state index in [1.165, 1.54) is 24.3 Å². The molecule has 0 heterocycles. The number of hydrogen-bond donors (Lipinski definition) is 2. The molecule has 0 aliphatic rings. The summed E-state index contributed by atoms with van der Waals surface area (Å²) in [6.45, 7) is 0. The molecule has 0 spiro atoms. The molecule has 0 radical (unpaired) electrons. The van der Waals surface area contributed by atoms with Crippen molar-refractivity contribution in [3.8, 4) is 0 Å². The van der Waals surface area contributed by atoms with Gasteiger partial charge >= 0.3 is 0 Å². The Labute approximate surface area is 135 Å². The molecule has 110 valence electrons. The zero-order valence-electron chi connectivity index (χ0n) is 10.5. The molecule has 8 heteroatoms. The Hall–Kier alpha value is -1.51. The lowest BCUT2D eigenvalue weighted by Gasteiger charge is -2.12. The van der Waals surface area contributed by atoms with Crippen molar-refractivity contribution in [3.63, 3.8) is 0 Å². The van der Waals surface area contributed by atoms with E-state index in [9.17, 15) is 12.8 Å². The summed E-state index contributed by atoms with van der Waals surface area (Å²) in [5, 5.41) is 0. The number of halogens is 2. The molecule has 0 saturated heterocycles. The van der Waals surface area contributed by atoms with Gasteiger partial charge in [0, 0.05) is 10.0 Å². The molecular weight excluding hydrogens is 379 g/mol. The lowest BCUT2D eigenvalue weighted by atomic mass is 10.2. The fourth-order valence-corrected chi connectivity index (χ4v) is 3.37. The zero-order chi connectivity index (χ0) is 15.6. The Bertz CT molecular complexity index is 810. The van der Waals surface area contributed by atoms with E-state index in [0.717, 1.165) is 6.07 Å². The van der Waals surface area contributed by atoms with E-state index in [1.54, 1.807) is 12.1 Å². The summed E-state index contributed by atoms with van der Waals surface area (Å²) in [5.74, 6) is -0.836. The minimum absolute atomic E-state index is 0.0359. The van der Waals surface area contributed by atoms with Crippen molar-refractivity contribution in [2.75, 3.05) is 4.72 Å². The standard InChI is InChI=1S/C13H10BrFN2O2S2/c14-8-5-6-9(13(16)20)11(7-8)17-21(18,19)12-4-2-1-3-10(12)15/h1-7,17H,(H2,16,20). The highest BCUT2D eigenvalue weighted by Crippen LogP contribution is 2.25. The summed E-state index contributed by atoms with van der Waals surface area (Å²) in [7, 11) is -4.08. The van der Waals surface area contributed by atoms with Crippen LogP contribution in [0.15, 0.2) is 51.8 Å². The predicted molar refractivity (Wildman–Crippen MR) is 87.2 cm³/mol. The van der Waals surface area contributed by atoms with Crippen LogP contribution >= 0.6 is 28.1 Å². The van der Waals surface area contributed by atoms with E-state index in [1.807, 2.05) is 0 Å². The van der Waals surface area contributed by atoms with Crippen molar-refractivity contribution in [1.82, 2.24) is 0 Å². The normalized spacial score (nSPS) is 11.1. The monoisotopic (exact) mass is 388 g/mol. The first kappa shape index (κ1) is 15.9. The molecule has 0 aliphatic heterocycles. The number of nitrogens with one attached hydrogen (secondary N) is 1. The average molecular weight is 389 g/mol. The van der Waals surface area contributed by atoms with Crippen molar-refractivity contribution in [3.05, 3.63) is 58.3 Å². The third kappa shape index (κ3) is 3.58. The molecule has 4 nitrogen and oxygen atoms in total. The van der Waals surface area contributed by atoms with E-state index < -0.39 is 20.7 Å². The molecule has 2 rings (SSSR count). The van der Waals surface area contributed by atoms with Crippen LogP contribution in [0.2, 0.25) is 0 Å². The molecule has 0 aliphatic carbocycles. The Kier molecular flexibility index (Phi) is 4.60. The maximum absolute atomic E-state index is 13.6. The van der Waals surface area contributed by atoms with Crippen LogP contribution in [0.4, 0.5) is 10.1 Å². The highest BCUT2D eigenvalue weighted by atomic mass is 79.9. The number of nitrogens with two attached hydrogens (primary N) is 1. The van der Waals surface area contributed by atoms with Crippen molar-refractivity contribution in [2.24, 2.45) is 5.73 Å². The van der Waals surface area contributed by atoms with Gasteiger partial charge in [0.1, 0.15) is 15.7 Å². The Morgan fingerprint density at radius 1 is 1.24 bits per heavy atom. The lowest BCUT2D eigenvalue weighted by molar-refractivity contribution is 0.570. The third-order valence-electron chi connectivity index (χ3n) is 2.62. The van der Waals surface area contributed by atoms with Crippen molar-refractivity contribution in [1.29, 1.82) is 0 Å². The third-order valence-corrected chi connectivity index (χ3v) is 4.73. The summed E-state index contributed by atoms with van der Waals surface area (Å²) in [6.07, 6.45) is 0. The van der Waals surface area contributed by atoms with Crippen LogP contribution in [0.3, 0.4) is 0 Å². The number of anilines is 1. The molecule has 0 aromatic heterocycles. The zero-order valence-corrected chi connectivity index (χ0v) is 13.7. The van der Waals surface area contributed by atoms with Gasteiger partial charge in [-0.05, 0) is 30.3 Å². The first-order chi connectivity index (χ1) is 9.81. The molecule has 0 saturated carbocycles. The maximum atomic E-state index is 13.6. The fourth-order valence-electron chi connectivity index (χ4n) is 1.68. The Morgan fingerprint density at radius 3 is 2.52 bits per heavy atom. The van der Waals surface area contributed by atoms with Crippen LogP contribution in [0.5, 0.6) is 0 Å². The van der Waals surface area contributed by atoms with Crippen LogP contribution in [0.1, 0.15) is 5.56 Å². The fraction of sp³-hybridized carbons (Fsp3) is 0. The molecule has 3 N–H and O–H groups in total. The molecule has 0 amide bonds. The predicted octanol–water partition coefficient (Wildman–Crippen LogP) is 3.02. The van der Waals surface area contributed by atoms with Gasteiger partial charge < -0.3 is 5.73 Å². The molecule has 2 aromatic rings. The van der Waals surface area contributed by atoms with E-state index in [0.29, 0.717) is 10.0 Å². The van der Waals surface area contributed by atoms with Gasteiger partial charge in [-0.15, -0.1) is 0 Å². The van der Waals surface area contributed by atoms with Crippen LogP contribution in [-0.4, -0.2) is 13.4 Å². The maximum Gasteiger partial charge on any atom is 0.264 e. The van der Waals surface area contributed by atoms with Crippen LogP contribution in [-0.2, 0) is 10.0 Å². The second-order valence-electron chi connectivity index (χ2n) is 4.09. The number of benzene rings is 2. The number of rotatable bonds is 4. The van der Waals surface area contributed by atoms with E-state index >= 15 is 0 Å². The SMILES string of the molecule is NC(=S)c1ccc(Br)cc1NS(=O)(=O)c1ccccc1F. The van der Waals surface area contributed by atoms with Crippen LogP contribution in [0, 0.1) is 5.82 Å². The molecule has 0 unspecified atom stereocenters. The highest BCUT2D eigenvalue weighted by molar-refractivity contribution is 9.10. The Morgan fingerprint density at radius 2 is 1.90 bits per heavy atom. The molecule has 21 heavy (non-hydrogen) atoms. The largest absolute Gasteiger partial charge is 0.389 e. The van der Waals surface area contributed by atoms with Crippen molar-refractivity contribution < 1.29 is 12.8 Å². The second-order valence-corrected chi connectivity index (χ2v) is 7.10. The number of hydrogen-bond acceptors (Lipinski definition) is 3. The summed E-state index contributed by atoms with van der Waals surface area (Å²) >= 11 is 8.11. The van der Waals surface area contributed by atoms with Gasteiger partial charge in [0.05, 0.1) is 5.69 Å². The van der Waals surface area contributed by atoms with Crippen molar-refractivity contribution >= 4 is 48.8 Å². The first-order valence-electron chi connectivity index (χ1n) is 5.68. The molecular formula is C13H10BrFN2O2S2. The van der Waals surface area contributed by atoms with Crippen LogP contribution < -0.4 is 10.5 Å². The number of sulfonamides is 1. The van der Waals surface area contributed by atoms with Gasteiger partial charge in [-0.3, -0.25) is 4.72 Å². The average Bonchev–Trinajstić information content (AvgIpc) is 2.38. The highest BCUT2D eigenvalue weighted by Gasteiger charge is 2.20. The van der Waals surface area contributed by atoms with E-state index in [2.05, 4.69) is 20.7 Å². The molecule has 0 bridgehead atoms. The van der Waals surface area contributed by atoms with Gasteiger partial charge in [-0.1, -0.05) is 40.3 Å². The topological polar surface area (TPSA) is 72.2 Å². The molecule has 2 aromatic carbocycles. The molecule has 0 fully saturated rings. The first-order valence-corrected chi connectivity index (χ1v) is 8.36. The summed E-state index contributed by atoms with van der Waals surface area (Å²) in [6, 6.07) is 9.86. The minimum Gasteiger partial charge on any atom is -0.389 e. The smallest absolute Gasteiger partial charge is 0.264 e. The van der Waals surface area contributed by atoms with Crippen molar-refractivity contribution in [2.45, 2.75) is 4.90 Å². The summed E-state index contributed by atoms with van der Waals surface area (Å²) in [4.78, 5) is -0.410. The van der Waals surface area contributed by atoms with E-state index in [-0.39, 0.29) is 10.7 Å². The summed E-state index contributed by atoms with van der Waals surface area (Å²) in [5.41, 5.74) is 6.09. The number of thiocarbonyl (C=S) groups is 1. The summed E-state index contributed by atoms with van der Waals surface area (Å²) < 4.78 is 41.1. The van der Waals surface area contributed by atoms with Gasteiger partial charge in [-0.2, -0.15) is 0 Å². The quantitative estimate of drug-likeness (QED) is 0.789. The van der Waals surface area contributed by atoms with Gasteiger partial charge in [0.15, 0.2) is 0 Å². The van der Waals surface area contributed by atoms with Crippen LogP contribution in [0.25, 0.3) is 0 Å². The van der Waals surface area contributed by atoms with E-state index in [4.69, 9.17) is 18.0 Å². The second kappa shape index (κ2) is 6.08. The minimum atomic E-state index is -4.08. The van der Waals surface area contributed by atoms with Gasteiger partial charge in [0.2, 0.25) is 0 Å².